The van der Waals surface area contributed by atoms with Gasteiger partial charge in [-0.25, -0.2) is 0 Å². The number of ether oxygens (including phenoxy) is 2. The number of methoxy groups -OCH3 is 1. The van der Waals surface area contributed by atoms with E-state index in [1.165, 1.54) is 13.2 Å². The zero-order valence-corrected chi connectivity index (χ0v) is 22.4. The second kappa shape index (κ2) is 11.3. The average molecular weight is 548 g/mol. The van der Waals surface area contributed by atoms with E-state index in [1.54, 1.807) is 19.1 Å². The van der Waals surface area contributed by atoms with E-state index in [4.69, 9.17) is 20.3 Å². The number of ketones is 2. The van der Waals surface area contributed by atoms with Gasteiger partial charge in [-0.2, -0.15) is 0 Å². The van der Waals surface area contributed by atoms with E-state index in [2.05, 4.69) is 0 Å². The van der Waals surface area contributed by atoms with Gasteiger partial charge in [0.1, 0.15) is 23.1 Å². The Balaban J connectivity index is 0.000000283. The number of fused-ring (bicyclic) bond motifs is 3. The lowest BCUT2D eigenvalue weighted by Gasteiger charge is -2.33. The maximum Gasteiger partial charge on any atom is 0.202 e. The zero-order valence-electron chi connectivity index (χ0n) is 21.5. The first-order valence-electron chi connectivity index (χ1n) is 12.5. The van der Waals surface area contributed by atoms with Gasteiger partial charge in [0.05, 0.1) is 37.7 Å². The van der Waals surface area contributed by atoms with Gasteiger partial charge in [-0.3, -0.25) is 9.59 Å². The van der Waals surface area contributed by atoms with E-state index in [0.29, 0.717) is 30.4 Å². The predicted octanol–water partition coefficient (Wildman–Crippen LogP) is 2.36. The standard InChI is InChI=1S/C22H22O6.C5H12NO3P/c1-10(9-23)11-6-7-12-14(8-11)21(26)17-18(19(12)24)22(27)16-13(20(17)25)4-3-5-15(16)28-2;1-3-9-5(7)2-4(6)10(3)8/h3-5,10-11,23-24,26H,6-9H2,1-2H3;3-5,7-8H,2,6H2,1H3. The monoisotopic (exact) mass is 547 g/mol. The minimum absolute atomic E-state index is 0.0300. The third-order valence-corrected chi connectivity index (χ3v) is 9.42. The van der Waals surface area contributed by atoms with Crippen molar-refractivity contribution >= 4 is 19.7 Å². The van der Waals surface area contributed by atoms with Crippen LogP contribution in [0.3, 0.4) is 0 Å². The summed E-state index contributed by atoms with van der Waals surface area (Å²) in [5.41, 5.74) is 6.49. The van der Waals surface area contributed by atoms with E-state index in [1.807, 2.05) is 6.92 Å². The van der Waals surface area contributed by atoms with Crippen LogP contribution in [0.4, 0.5) is 0 Å². The summed E-state index contributed by atoms with van der Waals surface area (Å²) in [5, 5.41) is 40.3. The largest absolute Gasteiger partial charge is 0.507 e. The predicted molar refractivity (Wildman–Crippen MR) is 140 cm³/mol. The average Bonchev–Trinajstić information content (AvgIpc) is 2.91. The summed E-state index contributed by atoms with van der Waals surface area (Å²) in [4.78, 5) is 35.6. The number of benzene rings is 2. The molecule has 10 nitrogen and oxygen atoms in total. The van der Waals surface area contributed by atoms with Gasteiger partial charge in [-0.05, 0) is 44.1 Å². The molecular formula is C27H34NO9P. The fourth-order valence-corrected chi connectivity index (χ4v) is 6.60. The first-order valence-corrected chi connectivity index (χ1v) is 14.0. The molecule has 6 unspecified atom stereocenters. The van der Waals surface area contributed by atoms with Gasteiger partial charge < -0.3 is 40.5 Å². The van der Waals surface area contributed by atoms with Crippen molar-refractivity contribution in [3.8, 4) is 17.2 Å². The fraction of sp³-hybridized carbons (Fsp3) is 0.481. The Hall–Kier alpha value is -2.59. The molecule has 1 aliphatic heterocycles. The quantitative estimate of drug-likeness (QED) is 0.210. The molecule has 1 fully saturated rings. The minimum atomic E-state index is -1.25. The maximum absolute atomic E-state index is 13.2. The molecule has 0 amide bonds. The summed E-state index contributed by atoms with van der Waals surface area (Å²) in [6.07, 6.45) is 1.18. The smallest absolute Gasteiger partial charge is 0.202 e. The summed E-state index contributed by atoms with van der Waals surface area (Å²) >= 11 is 0. The third kappa shape index (κ3) is 4.93. The number of aliphatic hydroxyl groups excluding tert-OH is 2. The maximum atomic E-state index is 13.2. The van der Waals surface area contributed by atoms with Crippen LogP contribution in [0, 0.1) is 11.8 Å². The van der Waals surface area contributed by atoms with Crippen molar-refractivity contribution in [3.05, 3.63) is 51.6 Å². The number of rotatable bonds is 3. The molecule has 0 bridgehead atoms. The van der Waals surface area contributed by atoms with Crippen molar-refractivity contribution in [2.45, 2.75) is 57.4 Å². The Morgan fingerprint density at radius 1 is 1.13 bits per heavy atom. The normalized spacial score (nSPS) is 26.9. The Morgan fingerprint density at radius 2 is 1.79 bits per heavy atom. The van der Waals surface area contributed by atoms with Gasteiger partial charge in [0.15, 0.2) is 12.1 Å². The summed E-state index contributed by atoms with van der Waals surface area (Å²) in [6, 6.07) is 4.72. The summed E-state index contributed by atoms with van der Waals surface area (Å²) < 4.78 is 10.2. The number of aliphatic hydroxyl groups is 2. The molecule has 0 saturated carbocycles. The van der Waals surface area contributed by atoms with Gasteiger partial charge in [-0.1, -0.05) is 19.1 Å². The van der Waals surface area contributed by atoms with Gasteiger partial charge in [0.2, 0.25) is 5.78 Å². The van der Waals surface area contributed by atoms with Crippen LogP contribution in [0.1, 0.15) is 69.7 Å². The molecule has 206 valence electrons. The fourth-order valence-electron chi connectivity index (χ4n) is 5.40. The molecule has 2 aliphatic carbocycles. The number of phenolic OH excluding ortho intramolecular Hbond substituents is 2. The molecule has 1 heterocycles. The number of aromatic hydroxyl groups is 2. The summed E-state index contributed by atoms with van der Waals surface area (Å²) in [7, 11) is 0.167. The highest BCUT2D eigenvalue weighted by molar-refractivity contribution is 7.52. The molecule has 7 N–H and O–H groups in total. The molecule has 5 rings (SSSR count). The summed E-state index contributed by atoms with van der Waals surface area (Å²) in [5.74, 6) is -1.66. The van der Waals surface area contributed by atoms with Crippen molar-refractivity contribution < 1.29 is 44.4 Å². The Labute approximate surface area is 221 Å². The molecule has 0 radical (unpaired) electrons. The molecule has 38 heavy (non-hydrogen) atoms. The lowest BCUT2D eigenvalue weighted by atomic mass is 9.73. The van der Waals surface area contributed by atoms with Crippen molar-refractivity contribution in [3.63, 3.8) is 0 Å². The van der Waals surface area contributed by atoms with E-state index in [0.717, 1.165) is 6.42 Å². The van der Waals surface area contributed by atoms with Crippen LogP contribution in [-0.2, 0) is 17.6 Å². The van der Waals surface area contributed by atoms with Crippen LogP contribution < -0.4 is 10.5 Å². The lowest BCUT2D eigenvalue weighted by Crippen LogP contribution is -2.36. The number of hydrogen-bond acceptors (Lipinski definition) is 10. The van der Waals surface area contributed by atoms with Crippen molar-refractivity contribution in [2.24, 2.45) is 17.6 Å². The Morgan fingerprint density at radius 3 is 2.42 bits per heavy atom. The molecule has 1 saturated heterocycles. The lowest BCUT2D eigenvalue weighted by molar-refractivity contribution is -0.121. The van der Waals surface area contributed by atoms with Gasteiger partial charge >= 0.3 is 0 Å². The molecular weight excluding hydrogens is 513 g/mol. The molecule has 2 aromatic carbocycles. The van der Waals surface area contributed by atoms with Crippen molar-refractivity contribution in [1.82, 2.24) is 0 Å². The molecule has 11 heteroatoms. The molecule has 0 spiro atoms. The van der Waals surface area contributed by atoms with Gasteiger partial charge in [0.25, 0.3) is 0 Å². The SMILES string of the molecule is CC1OC(O)CC(N)P1O.COc1cccc2c1C(=O)c1c(O)c3c(c(O)c1C2=O)CC(C(C)CO)CC3. The van der Waals surface area contributed by atoms with Crippen LogP contribution in [-0.4, -0.2) is 68.5 Å². The topological polar surface area (TPSA) is 180 Å². The molecule has 2 aromatic rings. The second-order valence-electron chi connectivity index (χ2n) is 9.98. The number of carbonyl (C=O) groups is 2. The van der Waals surface area contributed by atoms with E-state index in [-0.39, 0.29) is 69.6 Å². The van der Waals surface area contributed by atoms with Crippen LogP contribution >= 0.6 is 8.15 Å². The number of hydrogen-bond donors (Lipinski definition) is 6. The van der Waals surface area contributed by atoms with E-state index in [9.17, 15) is 29.8 Å². The highest BCUT2D eigenvalue weighted by Gasteiger charge is 2.40. The zero-order chi connectivity index (χ0) is 27.9. The Kier molecular flexibility index (Phi) is 8.42. The van der Waals surface area contributed by atoms with Crippen LogP contribution in [0.2, 0.25) is 0 Å². The van der Waals surface area contributed by atoms with E-state index < -0.39 is 26.0 Å². The molecule has 6 atom stereocenters. The highest BCUT2D eigenvalue weighted by atomic mass is 31.1. The van der Waals surface area contributed by atoms with Crippen molar-refractivity contribution in [1.29, 1.82) is 0 Å². The molecule has 3 aliphatic rings. The van der Waals surface area contributed by atoms with Crippen LogP contribution in [0.25, 0.3) is 0 Å². The number of nitrogens with two attached hydrogens (primary N) is 1. The third-order valence-electron chi connectivity index (χ3n) is 7.67. The van der Waals surface area contributed by atoms with Crippen LogP contribution in [0.5, 0.6) is 17.2 Å². The van der Waals surface area contributed by atoms with Crippen LogP contribution in [0.15, 0.2) is 18.2 Å². The second-order valence-corrected chi connectivity index (χ2v) is 12.1. The number of phenols is 2. The van der Waals surface area contributed by atoms with Gasteiger partial charge in [-0.15, -0.1) is 0 Å². The van der Waals surface area contributed by atoms with Gasteiger partial charge in [0, 0.05) is 29.7 Å². The highest BCUT2D eigenvalue weighted by Crippen LogP contribution is 2.48. The first-order chi connectivity index (χ1) is 18.0. The minimum Gasteiger partial charge on any atom is -0.507 e. The Bertz CT molecular complexity index is 1240. The van der Waals surface area contributed by atoms with Crippen molar-refractivity contribution in [2.75, 3.05) is 13.7 Å². The number of carbonyl (C=O) groups excluding carboxylic acids is 2. The van der Waals surface area contributed by atoms with E-state index >= 15 is 0 Å². The summed E-state index contributed by atoms with van der Waals surface area (Å²) in [6.45, 7) is 3.68. The first kappa shape index (κ1) is 28.4. The molecule has 0 aromatic heterocycles.